The van der Waals surface area contributed by atoms with Gasteiger partial charge in [0.25, 0.3) is 0 Å². The van der Waals surface area contributed by atoms with Crippen molar-refractivity contribution in [1.82, 2.24) is 4.90 Å². The lowest BCUT2D eigenvalue weighted by atomic mass is 10.1. The van der Waals surface area contributed by atoms with Crippen molar-refractivity contribution in [2.75, 3.05) is 5.32 Å². The molecule has 0 spiro atoms. The van der Waals surface area contributed by atoms with Crippen LogP contribution >= 0.6 is 0 Å². The molecule has 0 unspecified atom stereocenters. The second-order valence-electron chi connectivity index (χ2n) is 6.43. The van der Waals surface area contributed by atoms with Gasteiger partial charge in [0.1, 0.15) is 17.7 Å². The molecule has 1 aliphatic carbocycles. The van der Waals surface area contributed by atoms with E-state index in [1.165, 1.54) is 36.4 Å². The maximum atomic E-state index is 13.5. The predicted molar refractivity (Wildman–Crippen MR) is 94.3 cm³/mol. The van der Waals surface area contributed by atoms with Gasteiger partial charge in [0.2, 0.25) is 0 Å². The van der Waals surface area contributed by atoms with E-state index in [4.69, 9.17) is 5.26 Å². The number of carbonyl (C=O) groups excluding carboxylic acids is 1. The van der Waals surface area contributed by atoms with Crippen molar-refractivity contribution in [3.8, 4) is 6.07 Å². The van der Waals surface area contributed by atoms with E-state index < -0.39 is 5.82 Å². The lowest BCUT2D eigenvalue weighted by Crippen LogP contribution is -2.41. The minimum absolute atomic E-state index is 0.0344. The molecule has 2 amide bonds. The van der Waals surface area contributed by atoms with E-state index in [1.807, 2.05) is 6.07 Å². The molecule has 0 heterocycles. The van der Waals surface area contributed by atoms with Crippen LogP contribution in [0.2, 0.25) is 0 Å². The first-order valence-electron chi connectivity index (χ1n) is 8.58. The Morgan fingerprint density at radius 2 is 1.85 bits per heavy atom. The summed E-state index contributed by atoms with van der Waals surface area (Å²) in [5.41, 5.74) is 1.17. The van der Waals surface area contributed by atoms with Crippen molar-refractivity contribution in [1.29, 1.82) is 5.26 Å². The maximum Gasteiger partial charge on any atom is 0.322 e. The molecule has 26 heavy (non-hydrogen) atoms. The molecule has 0 aromatic heterocycles. The first-order valence-corrected chi connectivity index (χ1v) is 8.58. The highest BCUT2D eigenvalue weighted by atomic mass is 19.1. The molecule has 1 saturated carbocycles. The topological polar surface area (TPSA) is 56.1 Å². The van der Waals surface area contributed by atoms with Crippen molar-refractivity contribution in [2.24, 2.45) is 0 Å². The molecular weight excluding hydrogens is 336 g/mol. The number of amides is 2. The number of nitriles is 1. The smallest absolute Gasteiger partial charge is 0.317 e. The lowest BCUT2D eigenvalue weighted by Gasteiger charge is -2.29. The van der Waals surface area contributed by atoms with Gasteiger partial charge in [0.05, 0.1) is 5.56 Å². The van der Waals surface area contributed by atoms with E-state index in [-0.39, 0.29) is 30.0 Å². The molecule has 0 atom stereocenters. The average Bonchev–Trinajstić information content (AvgIpc) is 3.17. The first-order chi connectivity index (χ1) is 12.6. The number of halogens is 2. The van der Waals surface area contributed by atoms with E-state index in [0.29, 0.717) is 11.3 Å². The van der Waals surface area contributed by atoms with Crippen LogP contribution in [-0.4, -0.2) is 17.0 Å². The molecular formula is C20H19F2N3O. The largest absolute Gasteiger partial charge is 0.322 e. The van der Waals surface area contributed by atoms with E-state index in [9.17, 15) is 13.6 Å². The molecule has 1 fully saturated rings. The van der Waals surface area contributed by atoms with Gasteiger partial charge in [-0.15, -0.1) is 0 Å². The zero-order valence-corrected chi connectivity index (χ0v) is 14.2. The second-order valence-corrected chi connectivity index (χ2v) is 6.43. The number of anilines is 1. The fourth-order valence-corrected chi connectivity index (χ4v) is 3.26. The van der Waals surface area contributed by atoms with Gasteiger partial charge >= 0.3 is 6.03 Å². The van der Waals surface area contributed by atoms with Crippen LogP contribution in [0.5, 0.6) is 0 Å². The van der Waals surface area contributed by atoms with Crippen LogP contribution in [-0.2, 0) is 6.54 Å². The minimum Gasteiger partial charge on any atom is -0.317 e. The highest BCUT2D eigenvalue weighted by Gasteiger charge is 2.27. The van der Waals surface area contributed by atoms with Gasteiger partial charge in [-0.05, 0) is 54.8 Å². The summed E-state index contributed by atoms with van der Waals surface area (Å²) in [6.45, 7) is 0.284. The van der Waals surface area contributed by atoms with Crippen molar-refractivity contribution in [3.63, 3.8) is 0 Å². The molecule has 3 rings (SSSR count). The third-order valence-electron chi connectivity index (χ3n) is 4.63. The molecule has 1 N–H and O–H groups in total. The SMILES string of the molecule is N#Cc1cc(CN(C(=O)Nc2ccc(F)cc2)C2CCCC2)ccc1F. The first kappa shape index (κ1) is 17.9. The Kier molecular flexibility index (Phi) is 5.47. The van der Waals surface area contributed by atoms with Gasteiger partial charge < -0.3 is 10.2 Å². The van der Waals surface area contributed by atoms with Crippen LogP contribution in [0.1, 0.15) is 36.8 Å². The Labute approximate surface area is 151 Å². The van der Waals surface area contributed by atoms with Gasteiger partial charge in [-0.3, -0.25) is 0 Å². The molecule has 6 heteroatoms. The molecule has 1 aliphatic rings. The van der Waals surface area contributed by atoms with Gasteiger partial charge in [-0.25, -0.2) is 13.6 Å². The second kappa shape index (κ2) is 7.96. The Balaban J connectivity index is 1.79. The molecule has 2 aromatic rings. The zero-order chi connectivity index (χ0) is 18.5. The number of hydrogen-bond donors (Lipinski definition) is 1. The highest BCUT2D eigenvalue weighted by Crippen LogP contribution is 2.26. The Morgan fingerprint density at radius 3 is 2.50 bits per heavy atom. The van der Waals surface area contributed by atoms with E-state index in [1.54, 1.807) is 11.0 Å². The predicted octanol–water partition coefficient (Wildman–Crippen LogP) is 4.81. The van der Waals surface area contributed by atoms with Crippen molar-refractivity contribution in [2.45, 2.75) is 38.3 Å². The summed E-state index contributed by atoms with van der Waals surface area (Å²) >= 11 is 0. The number of rotatable bonds is 4. The Hall–Kier alpha value is -2.94. The summed E-state index contributed by atoms with van der Waals surface area (Å²) in [5.74, 6) is -0.939. The van der Waals surface area contributed by atoms with Gasteiger partial charge in [-0.2, -0.15) is 5.26 Å². The van der Waals surface area contributed by atoms with Crippen molar-refractivity contribution >= 4 is 11.7 Å². The summed E-state index contributed by atoms with van der Waals surface area (Å²) in [6.07, 6.45) is 3.92. The molecule has 0 radical (unpaired) electrons. The lowest BCUT2D eigenvalue weighted by molar-refractivity contribution is 0.184. The number of nitrogens with one attached hydrogen (secondary N) is 1. The van der Waals surface area contributed by atoms with Gasteiger partial charge in [-0.1, -0.05) is 18.9 Å². The maximum absolute atomic E-state index is 13.5. The number of carbonyl (C=O) groups is 1. The van der Waals surface area contributed by atoms with Crippen molar-refractivity contribution < 1.29 is 13.6 Å². The number of hydrogen-bond acceptors (Lipinski definition) is 2. The van der Waals surface area contributed by atoms with Crippen molar-refractivity contribution in [3.05, 3.63) is 65.2 Å². The summed E-state index contributed by atoms with van der Waals surface area (Å²) in [5, 5.41) is 11.8. The van der Waals surface area contributed by atoms with Crippen LogP contribution in [0.3, 0.4) is 0 Å². The summed E-state index contributed by atoms with van der Waals surface area (Å²) in [7, 11) is 0. The molecule has 134 valence electrons. The van der Waals surface area contributed by atoms with Crippen LogP contribution in [0.15, 0.2) is 42.5 Å². The van der Waals surface area contributed by atoms with E-state index in [0.717, 1.165) is 25.7 Å². The van der Waals surface area contributed by atoms with Gasteiger partial charge in [0.15, 0.2) is 0 Å². The highest BCUT2D eigenvalue weighted by molar-refractivity contribution is 5.89. The van der Waals surface area contributed by atoms with Crippen LogP contribution in [0, 0.1) is 23.0 Å². The molecule has 4 nitrogen and oxygen atoms in total. The summed E-state index contributed by atoms with van der Waals surface area (Å²) in [4.78, 5) is 14.5. The van der Waals surface area contributed by atoms with Crippen LogP contribution in [0.25, 0.3) is 0 Å². The van der Waals surface area contributed by atoms with Crippen LogP contribution < -0.4 is 5.32 Å². The molecule has 0 saturated heterocycles. The summed E-state index contributed by atoms with van der Waals surface area (Å²) < 4.78 is 26.6. The molecule has 2 aromatic carbocycles. The van der Waals surface area contributed by atoms with Crippen LogP contribution in [0.4, 0.5) is 19.3 Å². The third kappa shape index (κ3) is 4.17. The monoisotopic (exact) mass is 355 g/mol. The fraction of sp³-hybridized carbons (Fsp3) is 0.300. The molecule has 0 aliphatic heterocycles. The van der Waals surface area contributed by atoms with E-state index in [2.05, 4.69) is 5.32 Å². The van der Waals surface area contributed by atoms with Gasteiger partial charge in [0, 0.05) is 18.3 Å². The quantitative estimate of drug-likeness (QED) is 0.855. The molecule has 0 bridgehead atoms. The zero-order valence-electron chi connectivity index (χ0n) is 14.2. The fourth-order valence-electron chi connectivity index (χ4n) is 3.26. The van der Waals surface area contributed by atoms with E-state index >= 15 is 0 Å². The average molecular weight is 355 g/mol. The third-order valence-corrected chi connectivity index (χ3v) is 4.63. The number of nitrogens with zero attached hydrogens (tertiary/aromatic N) is 2. The number of benzene rings is 2. The minimum atomic E-state index is -0.570. The standard InChI is InChI=1S/C20H19F2N3O/c21-16-6-8-17(9-7-16)24-20(26)25(18-3-1-2-4-18)13-14-5-10-19(22)15(11-14)12-23/h5-11,18H,1-4,13H2,(H,24,26). The normalized spacial score (nSPS) is 14.0. The Morgan fingerprint density at radius 1 is 1.15 bits per heavy atom. The number of urea groups is 1. The summed E-state index contributed by atoms with van der Waals surface area (Å²) in [6, 6.07) is 11.5. The Bertz CT molecular complexity index is 824.